The van der Waals surface area contributed by atoms with Crippen molar-refractivity contribution in [3.63, 3.8) is 0 Å². The fourth-order valence-electron chi connectivity index (χ4n) is 9.54. The lowest BCUT2D eigenvalue weighted by molar-refractivity contribution is -0.572. The summed E-state index contributed by atoms with van der Waals surface area (Å²) in [6, 6.07) is 0.896. The van der Waals surface area contributed by atoms with Gasteiger partial charge < -0.3 is 4.90 Å². The predicted octanol–water partition coefficient (Wildman–Crippen LogP) is 6.48. The fourth-order valence-corrected chi connectivity index (χ4v) is 13.5. The van der Waals surface area contributed by atoms with Crippen LogP contribution < -0.4 is 0 Å². The Morgan fingerprint density at radius 2 is 1.68 bits per heavy atom. The van der Waals surface area contributed by atoms with E-state index in [1.807, 2.05) is 23.5 Å². The Morgan fingerprint density at radius 3 is 2.39 bits per heavy atom. The molecule has 8 nitrogen and oxygen atoms in total. The van der Waals surface area contributed by atoms with E-state index in [2.05, 4.69) is 28.6 Å². The monoisotopic (exact) mass is 687 g/mol. The van der Waals surface area contributed by atoms with E-state index in [0.29, 0.717) is 53.9 Å². The van der Waals surface area contributed by atoms with Gasteiger partial charge in [-0.1, -0.05) is 39.0 Å². The number of hydrogen-bond acceptors (Lipinski definition) is 7. The average Bonchev–Trinajstić information content (AvgIpc) is 3.53. The molecule has 1 saturated heterocycles. The van der Waals surface area contributed by atoms with Gasteiger partial charge in [-0.3, -0.25) is 13.3 Å². The van der Waals surface area contributed by atoms with Crippen LogP contribution in [-0.2, 0) is 25.7 Å². The molecule has 9 atom stereocenters. The van der Waals surface area contributed by atoms with Gasteiger partial charge >= 0.3 is 11.4 Å². The van der Waals surface area contributed by atoms with Crippen LogP contribution >= 0.6 is 23.5 Å². The largest absolute Gasteiger partial charge is 0.360 e. The molecule has 9 unspecified atom stereocenters. The molecule has 2 heterocycles. The Morgan fingerprint density at radius 1 is 1.00 bits per heavy atom. The summed E-state index contributed by atoms with van der Waals surface area (Å²) in [7, 11) is -3.99. The van der Waals surface area contributed by atoms with Crippen LogP contribution in [0.2, 0.25) is 0 Å². The summed E-state index contributed by atoms with van der Waals surface area (Å²) in [4.78, 5) is 2.51. The van der Waals surface area contributed by atoms with Crippen molar-refractivity contribution in [3.8, 4) is 0 Å². The van der Waals surface area contributed by atoms with Crippen LogP contribution in [0.5, 0.6) is 0 Å². The van der Waals surface area contributed by atoms with Gasteiger partial charge in [0.25, 0.3) is 10.1 Å². The summed E-state index contributed by atoms with van der Waals surface area (Å²) in [5.41, 5.74) is 1.27. The lowest BCUT2D eigenvalue weighted by Gasteiger charge is -2.45. The van der Waals surface area contributed by atoms with Crippen LogP contribution in [0.1, 0.15) is 96.8 Å². The third-order valence-corrected chi connectivity index (χ3v) is 15.4. The standard InChI is InChI=1S/C32H50N2O6S4/c1-2-22(21-30-34(17-18-40-43(35)36)32-26-11-6-4-9-24(26)13-15-28(32)42-30)20-29-33(16-7-19-44(37,38)39)31-25-10-5-3-8-23(25)12-14-27(31)41-29/h20-21,23-28,31-32H,2-19H2,1H3,(H-,35,36,37,38,39)/p+1. The Balaban J connectivity index is 1.30. The first-order chi connectivity index (χ1) is 21.2. The van der Waals surface area contributed by atoms with Crippen molar-refractivity contribution in [2.24, 2.45) is 23.7 Å². The molecule has 2 N–H and O–H groups in total. The zero-order chi connectivity index (χ0) is 30.8. The minimum absolute atomic E-state index is 0.196. The Bertz CT molecular complexity index is 1270. The molecule has 0 bridgehead atoms. The number of nitrogens with zero attached hydrogens (tertiary/aromatic N) is 2. The van der Waals surface area contributed by atoms with Gasteiger partial charge in [-0.15, -0.1) is 11.8 Å². The highest BCUT2D eigenvalue weighted by Crippen LogP contribution is 2.53. The van der Waals surface area contributed by atoms with E-state index < -0.39 is 21.5 Å². The molecule has 0 aromatic carbocycles. The van der Waals surface area contributed by atoms with Gasteiger partial charge in [0, 0.05) is 36.3 Å². The zero-order valence-electron chi connectivity index (χ0n) is 26.1. The number of thioether (sulfide) groups is 2. The topological polar surface area (TPSA) is 107 Å². The third-order valence-electron chi connectivity index (χ3n) is 11.4. The highest BCUT2D eigenvalue weighted by molar-refractivity contribution is 8.14. The molecule has 0 aromatic heterocycles. The summed E-state index contributed by atoms with van der Waals surface area (Å²) < 4.78 is 61.0. The summed E-state index contributed by atoms with van der Waals surface area (Å²) in [5.74, 6) is 2.71. The Hall–Kier alpha value is -0.370. The Labute approximate surface area is 275 Å². The highest BCUT2D eigenvalue weighted by atomic mass is 32.2. The van der Waals surface area contributed by atoms with Gasteiger partial charge in [0.1, 0.15) is 6.54 Å². The zero-order valence-corrected chi connectivity index (χ0v) is 29.3. The number of fused-ring (bicyclic) bond motifs is 6. The average molecular weight is 688 g/mol. The Kier molecular flexibility index (Phi) is 11.3. The van der Waals surface area contributed by atoms with Crippen molar-refractivity contribution in [1.82, 2.24) is 4.90 Å². The van der Waals surface area contributed by atoms with Crippen molar-refractivity contribution in [3.05, 3.63) is 22.8 Å². The first-order valence-corrected chi connectivity index (χ1v) is 21.5. The van der Waals surface area contributed by atoms with Crippen LogP contribution in [0.15, 0.2) is 22.8 Å². The van der Waals surface area contributed by atoms with Gasteiger partial charge in [-0.05, 0) is 92.5 Å². The van der Waals surface area contributed by atoms with Crippen molar-refractivity contribution >= 4 is 50.0 Å². The summed E-state index contributed by atoms with van der Waals surface area (Å²) in [5, 5.41) is 3.61. The smallest absolute Gasteiger partial charge is 0.301 e. The van der Waals surface area contributed by atoms with E-state index >= 15 is 0 Å². The molecule has 44 heavy (non-hydrogen) atoms. The van der Waals surface area contributed by atoms with E-state index in [4.69, 9.17) is 4.18 Å². The van der Waals surface area contributed by atoms with E-state index in [1.54, 1.807) is 0 Å². The molecule has 2 aliphatic heterocycles. The maximum Gasteiger partial charge on any atom is 0.301 e. The minimum Gasteiger partial charge on any atom is -0.360 e. The van der Waals surface area contributed by atoms with E-state index in [9.17, 15) is 21.7 Å². The molecular formula is C32H51N2O6S4+. The molecule has 0 amide bonds. The molecule has 0 aromatic rings. The normalized spacial score (nSPS) is 37.5. The first kappa shape index (κ1) is 33.5. The van der Waals surface area contributed by atoms with E-state index in [-0.39, 0.29) is 12.4 Å². The van der Waals surface area contributed by atoms with Crippen molar-refractivity contribution in [1.29, 1.82) is 0 Å². The molecule has 6 rings (SSSR count). The quantitative estimate of drug-likeness (QED) is 0.144. The van der Waals surface area contributed by atoms with Crippen LogP contribution in [0.25, 0.3) is 0 Å². The molecule has 0 radical (unpaired) electrons. The van der Waals surface area contributed by atoms with Crippen LogP contribution in [-0.4, -0.2) is 84.3 Å². The maximum atomic E-state index is 11.6. The van der Waals surface area contributed by atoms with Gasteiger partial charge in [0.15, 0.2) is 6.04 Å². The molecule has 0 spiro atoms. The van der Waals surface area contributed by atoms with Crippen LogP contribution in [0.4, 0.5) is 0 Å². The maximum absolute atomic E-state index is 11.6. The summed E-state index contributed by atoms with van der Waals surface area (Å²) in [6.45, 7) is 3.71. The van der Waals surface area contributed by atoms with Gasteiger partial charge in [0.05, 0.1) is 22.6 Å². The summed E-state index contributed by atoms with van der Waals surface area (Å²) in [6.07, 6.45) is 21.5. The third kappa shape index (κ3) is 7.67. The molecule has 4 aliphatic carbocycles. The minimum atomic E-state index is -3.99. The number of hydrogen-bond donors (Lipinski definition) is 2. The SMILES string of the molecule is CCC(=CC1=[N+](CCCS(=O)(=O)O)C2C(CCC3CCCCC32)S1)C=C1SC2CCC3CCCCC3C2N1CCOS(=O)O. The second-order valence-electron chi connectivity index (χ2n) is 13.8. The van der Waals surface area contributed by atoms with Gasteiger partial charge in [-0.25, -0.2) is 4.58 Å². The predicted molar refractivity (Wildman–Crippen MR) is 181 cm³/mol. The molecule has 6 aliphatic rings. The molecule has 5 fully saturated rings. The van der Waals surface area contributed by atoms with Crippen LogP contribution in [0.3, 0.4) is 0 Å². The van der Waals surface area contributed by atoms with Gasteiger partial charge in [-0.2, -0.15) is 12.6 Å². The molecule has 248 valence electrons. The van der Waals surface area contributed by atoms with Crippen LogP contribution in [0, 0.1) is 23.7 Å². The lowest BCUT2D eigenvalue weighted by Crippen LogP contribution is -2.48. The van der Waals surface area contributed by atoms with Crippen molar-refractivity contribution in [2.75, 3.05) is 25.4 Å². The molecular weight excluding hydrogens is 637 g/mol. The number of allylic oxidation sites excluding steroid dienone is 2. The number of rotatable bonds is 11. The van der Waals surface area contributed by atoms with Gasteiger partial charge in [0.2, 0.25) is 5.04 Å². The summed E-state index contributed by atoms with van der Waals surface area (Å²) >= 11 is 1.73. The van der Waals surface area contributed by atoms with Crippen molar-refractivity contribution in [2.45, 2.75) is 119 Å². The fraction of sp³-hybridized carbons (Fsp3) is 0.844. The van der Waals surface area contributed by atoms with Crippen molar-refractivity contribution < 1.29 is 30.5 Å². The highest BCUT2D eigenvalue weighted by Gasteiger charge is 2.52. The van der Waals surface area contributed by atoms with E-state index in [0.717, 1.165) is 18.3 Å². The molecule has 12 heteroatoms. The first-order valence-electron chi connectivity index (χ1n) is 17.1. The molecule has 4 saturated carbocycles. The second-order valence-corrected chi connectivity index (χ2v) is 18.6. The second kappa shape index (κ2) is 14.8. The van der Waals surface area contributed by atoms with E-state index in [1.165, 1.54) is 92.7 Å². The lowest BCUT2D eigenvalue weighted by atomic mass is 9.68.